The zero-order chi connectivity index (χ0) is 29.0. The van der Waals surface area contributed by atoms with Gasteiger partial charge in [-0.15, -0.1) is 0 Å². The van der Waals surface area contributed by atoms with Gasteiger partial charge in [0.2, 0.25) is 5.91 Å². The average molecular weight is 749 g/mol. The fourth-order valence-corrected chi connectivity index (χ4v) is 6.85. The molecular formula is C30H25Br3N2O4S. The van der Waals surface area contributed by atoms with E-state index in [1.54, 1.807) is 53.4 Å². The van der Waals surface area contributed by atoms with Gasteiger partial charge in [-0.25, -0.2) is 12.7 Å². The molecule has 4 aromatic rings. The highest BCUT2D eigenvalue weighted by molar-refractivity contribution is 9.11. The van der Waals surface area contributed by atoms with Gasteiger partial charge in [-0.2, -0.15) is 0 Å². The molecule has 2 amide bonds. The first-order valence-corrected chi connectivity index (χ1v) is 16.0. The molecule has 6 nitrogen and oxygen atoms in total. The van der Waals surface area contributed by atoms with Gasteiger partial charge in [-0.05, 0) is 67.1 Å². The van der Waals surface area contributed by atoms with Crippen LogP contribution in [0.4, 0.5) is 5.69 Å². The molecule has 4 aromatic carbocycles. The van der Waals surface area contributed by atoms with Crippen LogP contribution in [0.1, 0.15) is 33.9 Å². The van der Waals surface area contributed by atoms with Crippen LogP contribution in [0, 0.1) is 6.92 Å². The summed E-state index contributed by atoms with van der Waals surface area (Å²) in [5.41, 5.74) is 2.52. The third kappa shape index (κ3) is 6.91. The molecule has 0 aliphatic rings. The van der Waals surface area contributed by atoms with E-state index in [4.69, 9.17) is 0 Å². The molecule has 0 saturated heterocycles. The monoisotopic (exact) mass is 746 g/mol. The van der Waals surface area contributed by atoms with Gasteiger partial charge in [-0.1, -0.05) is 95.8 Å². The lowest BCUT2D eigenvalue weighted by Gasteiger charge is -2.33. The Balaban J connectivity index is 1.82. The maximum atomic E-state index is 14.1. The number of nitrogens with zero attached hydrogens (tertiary/aromatic N) is 2. The summed E-state index contributed by atoms with van der Waals surface area (Å²) in [5, 5.41) is 0. The van der Waals surface area contributed by atoms with Crippen LogP contribution in [-0.2, 0) is 14.8 Å². The van der Waals surface area contributed by atoms with Gasteiger partial charge in [0, 0.05) is 31.7 Å². The van der Waals surface area contributed by atoms with Crippen molar-refractivity contribution in [3.05, 3.63) is 127 Å². The van der Waals surface area contributed by atoms with Crippen LogP contribution in [0.2, 0.25) is 0 Å². The molecule has 40 heavy (non-hydrogen) atoms. The van der Waals surface area contributed by atoms with Crippen LogP contribution in [-0.4, -0.2) is 31.6 Å². The molecular weight excluding hydrogens is 724 g/mol. The van der Waals surface area contributed by atoms with E-state index in [0.29, 0.717) is 16.8 Å². The molecule has 0 saturated carbocycles. The minimum atomic E-state index is -4.11. The quantitative estimate of drug-likeness (QED) is 0.184. The van der Waals surface area contributed by atoms with Crippen LogP contribution in [0.15, 0.2) is 115 Å². The molecule has 0 radical (unpaired) electrons. The molecule has 0 aliphatic heterocycles. The standard InChI is InChI=1S/C30H25Br3N2O4S/c1-20-8-14-27(15-9-20)40(38,39)34(2)29(36)19-28(21-10-12-23(31)13-11-21)35(26-17-24(32)16-25(33)18-26)30(37)22-6-4-3-5-7-22/h3-18,28H,19H2,1-2H3/t28-/m1/s1. The second-order valence-corrected chi connectivity index (χ2v) is 13.8. The predicted octanol–water partition coefficient (Wildman–Crippen LogP) is 7.91. The number of hydrogen-bond donors (Lipinski definition) is 0. The van der Waals surface area contributed by atoms with Gasteiger partial charge in [0.05, 0.1) is 17.4 Å². The van der Waals surface area contributed by atoms with E-state index in [2.05, 4.69) is 47.8 Å². The number of amides is 2. The highest BCUT2D eigenvalue weighted by Crippen LogP contribution is 2.36. The minimum Gasteiger partial charge on any atom is -0.300 e. The van der Waals surface area contributed by atoms with Crippen molar-refractivity contribution in [1.82, 2.24) is 4.31 Å². The van der Waals surface area contributed by atoms with Gasteiger partial charge in [-0.3, -0.25) is 9.59 Å². The molecule has 0 spiro atoms. The zero-order valence-electron chi connectivity index (χ0n) is 21.6. The van der Waals surface area contributed by atoms with E-state index in [9.17, 15) is 18.0 Å². The summed E-state index contributed by atoms with van der Waals surface area (Å²) in [6.45, 7) is 1.85. The molecule has 4 rings (SSSR count). The molecule has 0 heterocycles. The Morgan fingerprint density at radius 3 is 1.93 bits per heavy atom. The SMILES string of the molecule is Cc1ccc(S(=O)(=O)N(C)C(=O)C[C@H](c2ccc(Br)cc2)N(C(=O)c2ccccc2)c2cc(Br)cc(Br)c2)cc1. The van der Waals surface area contributed by atoms with Crippen LogP contribution in [0.5, 0.6) is 0 Å². The largest absolute Gasteiger partial charge is 0.300 e. The number of rotatable bonds is 8. The molecule has 0 aromatic heterocycles. The van der Waals surface area contributed by atoms with E-state index in [0.717, 1.165) is 23.3 Å². The van der Waals surface area contributed by atoms with Crippen molar-refractivity contribution >= 4 is 75.3 Å². The van der Waals surface area contributed by atoms with Crippen LogP contribution >= 0.6 is 47.8 Å². The lowest BCUT2D eigenvalue weighted by molar-refractivity contribution is -0.126. The third-order valence-corrected chi connectivity index (χ3v) is 9.57. The summed E-state index contributed by atoms with van der Waals surface area (Å²) >= 11 is 10.5. The smallest absolute Gasteiger partial charge is 0.266 e. The number of sulfonamides is 1. The first kappa shape index (κ1) is 30.2. The summed E-state index contributed by atoms with van der Waals surface area (Å²) in [6, 6.07) is 26.9. The highest BCUT2D eigenvalue weighted by Gasteiger charge is 2.34. The third-order valence-electron chi connectivity index (χ3n) is 6.33. The summed E-state index contributed by atoms with van der Waals surface area (Å²) in [7, 11) is -2.86. The number of aryl methyl sites for hydroxylation is 1. The minimum absolute atomic E-state index is 0.0160. The Kier molecular flexibility index (Phi) is 9.66. The summed E-state index contributed by atoms with van der Waals surface area (Å²) in [6.07, 6.45) is -0.286. The topological polar surface area (TPSA) is 74.8 Å². The number of hydrogen-bond acceptors (Lipinski definition) is 4. The first-order valence-electron chi connectivity index (χ1n) is 12.2. The van der Waals surface area contributed by atoms with Crippen LogP contribution < -0.4 is 4.90 Å². The van der Waals surface area contributed by atoms with Crippen LogP contribution in [0.3, 0.4) is 0 Å². The van der Waals surface area contributed by atoms with Crippen molar-refractivity contribution in [3.8, 4) is 0 Å². The number of halogens is 3. The Bertz CT molecular complexity index is 1610. The van der Waals surface area contributed by atoms with E-state index in [1.165, 1.54) is 19.2 Å². The second-order valence-electron chi connectivity index (χ2n) is 9.12. The fourth-order valence-electron chi connectivity index (χ4n) is 4.18. The van der Waals surface area contributed by atoms with Gasteiger partial charge < -0.3 is 4.90 Å². The van der Waals surface area contributed by atoms with Gasteiger partial charge in [0.15, 0.2) is 0 Å². The number of anilines is 1. The highest BCUT2D eigenvalue weighted by atomic mass is 79.9. The average Bonchev–Trinajstić information content (AvgIpc) is 2.92. The molecule has 0 aliphatic carbocycles. The molecule has 0 fully saturated rings. The fraction of sp³-hybridized carbons (Fsp3) is 0.133. The Morgan fingerprint density at radius 2 is 1.35 bits per heavy atom. The lowest BCUT2D eigenvalue weighted by atomic mass is 9.99. The van der Waals surface area contributed by atoms with E-state index >= 15 is 0 Å². The summed E-state index contributed by atoms with van der Waals surface area (Å²) < 4.78 is 29.7. The lowest BCUT2D eigenvalue weighted by Crippen LogP contribution is -2.40. The van der Waals surface area contributed by atoms with E-state index < -0.39 is 22.0 Å². The predicted molar refractivity (Wildman–Crippen MR) is 168 cm³/mol. The molecule has 0 unspecified atom stereocenters. The first-order chi connectivity index (χ1) is 19.0. The van der Waals surface area contributed by atoms with Crippen molar-refractivity contribution in [2.45, 2.75) is 24.3 Å². The van der Waals surface area contributed by atoms with Crippen molar-refractivity contribution in [2.24, 2.45) is 0 Å². The van der Waals surface area contributed by atoms with Crippen molar-refractivity contribution < 1.29 is 18.0 Å². The maximum Gasteiger partial charge on any atom is 0.266 e. The summed E-state index contributed by atoms with van der Waals surface area (Å²) in [4.78, 5) is 29.3. The van der Waals surface area contributed by atoms with E-state index in [-0.39, 0.29) is 17.2 Å². The van der Waals surface area contributed by atoms with Gasteiger partial charge in [0.1, 0.15) is 0 Å². The Labute approximate surface area is 259 Å². The Morgan fingerprint density at radius 1 is 0.775 bits per heavy atom. The summed E-state index contributed by atoms with van der Waals surface area (Å²) in [5.74, 6) is -0.996. The number of carbonyl (C=O) groups is 2. The van der Waals surface area contributed by atoms with Gasteiger partial charge >= 0.3 is 0 Å². The van der Waals surface area contributed by atoms with Gasteiger partial charge in [0.25, 0.3) is 15.9 Å². The van der Waals surface area contributed by atoms with Crippen LogP contribution in [0.25, 0.3) is 0 Å². The number of carbonyl (C=O) groups excluding carboxylic acids is 2. The molecule has 0 bridgehead atoms. The maximum absolute atomic E-state index is 14.1. The van der Waals surface area contributed by atoms with Crippen molar-refractivity contribution in [1.29, 1.82) is 0 Å². The molecule has 0 N–H and O–H groups in total. The van der Waals surface area contributed by atoms with Crippen molar-refractivity contribution in [2.75, 3.05) is 11.9 Å². The molecule has 206 valence electrons. The normalized spacial score (nSPS) is 12.0. The van der Waals surface area contributed by atoms with E-state index in [1.807, 2.05) is 43.3 Å². The number of benzene rings is 4. The Hall–Kier alpha value is -2.79. The second kappa shape index (κ2) is 12.8. The van der Waals surface area contributed by atoms with Crippen molar-refractivity contribution in [3.63, 3.8) is 0 Å². The molecule has 10 heteroatoms. The molecule has 1 atom stereocenters. The zero-order valence-corrected chi connectivity index (χ0v) is 27.2.